The van der Waals surface area contributed by atoms with Gasteiger partial charge in [-0.15, -0.1) is 22.7 Å². The maximum atomic E-state index is 13.1. The van der Waals surface area contributed by atoms with Crippen molar-refractivity contribution in [2.45, 2.75) is 19.3 Å². The number of hydrogen-bond acceptors (Lipinski definition) is 5. The van der Waals surface area contributed by atoms with Crippen molar-refractivity contribution in [1.82, 2.24) is 14.9 Å². The third-order valence-electron chi connectivity index (χ3n) is 3.86. The van der Waals surface area contributed by atoms with Crippen LogP contribution in [0.5, 0.6) is 0 Å². The first-order chi connectivity index (χ1) is 12.9. The van der Waals surface area contributed by atoms with Gasteiger partial charge in [-0.05, 0) is 24.3 Å². The molecule has 0 saturated heterocycles. The predicted octanol–water partition coefficient (Wildman–Crippen LogP) is 5.00. The van der Waals surface area contributed by atoms with Gasteiger partial charge in [0.15, 0.2) is 0 Å². The quantitative estimate of drug-likeness (QED) is 0.478. The number of carbonyl (C=O) groups excluding carboxylic acids is 1. The molecule has 0 aliphatic rings. The third kappa shape index (κ3) is 3.79. The van der Waals surface area contributed by atoms with E-state index >= 15 is 0 Å². The van der Waals surface area contributed by atoms with Gasteiger partial charge in [0.25, 0.3) is 0 Å². The van der Waals surface area contributed by atoms with Gasteiger partial charge in [-0.2, -0.15) is 13.2 Å². The van der Waals surface area contributed by atoms with Crippen LogP contribution in [0.3, 0.4) is 0 Å². The van der Waals surface area contributed by atoms with Crippen molar-refractivity contribution < 1.29 is 18.0 Å². The van der Waals surface area contributed by atoms with Gasteiger partial charge in [0.1, 0.15) is 10.0 Å². The highest BCUT2D eigenvalue weighted by molar-refractivity contribution is 7.18. The Morgan fingerprint density at radius 3 is 1.70 bits per heavy atom. The molecule has 0 spiro atoms. The average Bonchev–Trinajstić information content (AvgIpc) is 3.22. The first-order valence-electron chi connectivity index (χ1n) is 7.95. The van der Waals surface area contributed by atoms with Crippen molar-refractivity contribution in [1.29, 1.82) is 0 Å². The number of alkyl halides is 3. The number of amides is 1. The molecule has 138 valence electrons. The van der Waals surface area contributed by atoms with Crippen LogP contribution >= 0.6 is 22.7 Å². The van der Waals surface area contributed by atoms with Gasteiger partial charge in [-0.25, -0.2) is 9.97 Å². The fraction of sp³-hybridized carbons (Fsp3) is 0.167. The lowest BCUT2D eigenvalue weighted by Crippen LogP contribution is -2.40. The van der Waals surface area contributed by atoms with Crippen LogP contribution in [-0.2, 0) is 17.9 Å². The second kappa shape index (κ2) is 6.90. The number of halogens is 3. The highest BCUT2D eigenvalue weighted by atomic mass is 32.1. The van der Waals surface area contributed by atoms with Gasteiger partial charge in [-0.1, -0.05) is 24.3 Å². The lowest BCUT2D eigenvalue weighted by Gasteiger charge is -2.21. The smallest absolute Gasteiger partial charge is 0.321 e. The SMILES string of the molecule is O=C(N(Cc1nc2ccccc2s1)Cc1nc2ccccc2s1)C(F)(F)F. The lowest BCUT2D eigenvalue weighted by atomic mass is 10.3. The summed E-state index contributed by atoms with van der Waals surface area (Å²) in [5, 5.41) is 0.907. The summed E-state index contributed by atoms with van der Waals surface area (Å²) in [6, 6.07) is 14.6. The molecule has 0 bridgehead atoms. The van der Waals surface area contributed by atoms with Crippen molar-refractivity contribution in [2.75, 3.05) is 0 Å². The maximum absolute atomic E-state index is 13.1. The number of rotatable bonds is 4. The molecule has 0 radical (unpaired) electrons. The minimum Gasteiger partial charge on any atom is -0.321 e. The maximum Gasteiger partial charge on any atom is 0.471 e. The van der Waals surface area contributed by atoms with E-state index in [-0.39, 0.29) is 13.1 Å². The van der Waals surface area contributed by atoms with E-state index in [1.807, 2.05) is 36.4 Å². The van der Waals surface area contributed by atoms with Crippen molar-refractivity contribution in [3.05, 3.63) is 58.5 Å². The molecule has 0 fully saturated rings. The first-order valence-corrected chi connectivity index (χ1v) is 9.58. The standard InChI is InChI=1S/C18H12F3N3OS2/c19-18(20,21)17(25)24(9-15-22-11-5-1-3-7-13(11)26-15)10-16-23-12-6-2-4-8-14(12)27-16/h1-8H,9-10H2. The first kappa shape index (κ1) is 17.9. The van der Waals surface area contributed by atoms with Gasteiger partial charge >= 0.3 is 12.1 Å². The molecule has 4 aromatic rings. The zero-order valence-corrected chi connectivity index (χ0v) is 15.4. The molecule has 4 nitrogen and oxygen atoms in total. The van der Waals surface area contributed by atoms with Crippen LogP contribution in [-0.4, -0.2) is 27.0 Å². The molecule has 9 heteroatoms. The van der Waals surface area contributed by atoms with E-state index in [1.54, 1.807) is 12.1 Å². The molecular weight excluding hydrogens is 395 g/mol. The molecule has 0 atom stereocenters. The Kier molecular flexibility index (Phi) is 4.56. The summed E-state index contributed by atoms with van der Waals surface area (Å²) in [5.41, 5.74) is 1.41. The summed E-state index contributed by atoms with van der Waals surface area (Å²) >= 11 is 2.56. The third-order valence-corrected chi connectivity index (χ3v) is 5.90. The van der Waals surface area contributed by atoms with E-state index in [1.165, 1.54) is 22.7 Å². The summed E-state index contributed by atoms with van der Waals surface area (Å²) in [5.74, 6) is -1.89. The van der Waals surface area contributed by atoms with Gasteiger partial charge in [0.05, 0.1) is 33.5 Å². The van der Waals surface area contributed by atoms with Crippen LogP contribution in [0.1, 0.15) is 10.0 Å². The van der Waals surface area contributed by atoms with Gasteiger partial charge in [-0.3, -0.25) is 4.79 Å². The zero-order valence-electron chi connectivity index (χ0n) is 13.7. The second-order valence-electron chi connectivity index (χ2n) is 5.81. The average molecular weight is 407 g/mol. The van der Waals surface area contributed by atoms with E-state index in [0.29, 0.717) is 21.0 Å². The minimum atomic E-state index is -4.95. The molecule has 2 aromatic carbocycles. The van der Waals surface area contributed by atoms with Crippen molar-refractivity contribution in [2.24, 2.45) is 0 Å². The second-order valence-corrected chi connectivity index (χ2v) is 8.04. The molecule has 0 saturated carbocycles. The largest absolute Gasteiger partial charge is 0.471 e. The normalized spacial score (nSPS) is 12.0. The fourth-order valence-electron chi connectivity index (χ4n) is 2.68. The number of carbonyl (C=O) groups is 1. The fourth-order valence-corrected chi connectivity index (χ4v) is 4.65. The molecule has 0 N–H and O–H groups in total. The Hall–Kier alpha value is -2.52. The molecule has 2 heterocycles. The van der Waals surface area contributed by atoms with Crippen LogP contribution in [0.25, 0.3) is 20.4 Å². The number of nitrogens with zero attached hydrogens (tertiary/aromatic N) is 3. The predicted molar refractivity (Wildman–Crippen MR) is 99.5 cm³/mol. The number of benzene rings is 2. The summed E-state index contributed by atoms with van der Waals surface area (Å²) in [6.07, 6.45) is -4.95. The molecule has 27 heavy (non-hydrogen) atoms. The molecular formula is C18H12F3N3OS2. The Morgan fingerprint density at radius 1 is 0.852 bits per heavy atom. The number of thiazole rings is 2. The van der Waals surface area contributed by atoms with Crippen LogP contribution in [0.2, 0.25) is 0 Å². The molecule has 0 unspecified atom stereocenters. The van der Waals surface area contributed by atoms with Crippen molar-refractivity contribution in [3.8, 4) is 0 Å². The Bertz CT molecular complexity index is 978. The molecule has 1 amide bonds. The molecule has 4 rings (SSSR count). The number of hydrogen-bond donors (Lipinski definition) is 0. The zero-order chi connectivity index (χ0) is 19.0. The molecule has 0 aliphatic heterocycles. The number of aromatic nitrogens is 2. The number of para-hydroxylation sites is 2. The Balaban J connectivity index is 1.64. The monoisotopic (exact) mass is 407 g/mol. The van der Waals surface area contributed by atoms with Crippen molar-refractivity contribution in [3.63, 3.8) is 0 Å². The molecule has 2 aromatic heterocycles. The molecule has 0 aliphatic carbocycles. The Labute approximate surface area is 159 Å². The van der Waals surface area contributed by atoms with E-state index in [0.717, 1.165) is 14.3 Å². The van der Waals surface area contributed by atoms with E-state index in [2.05, 4.69) is 9.97 Å². The minimum absolute atomic E-state index is 0.215. The van der Waals surface area contributed by atoms with Crippen LogP contribution in [0.15, 0.2) is 48.5 Å². The lowest BCUT2D eigenvalue weighted by molar-refractivity contribution is -0.186. The summed E-state index contributed by atoms with van der Waals surface area (Å²) < 4.78 is 41.0. The van der Waals surface area contributed by atoms with E-state index in [9.17, 15) is 18.0 Å². The van der Waals surface area contributed by atoms with Gasteiger partial charge < -0.3 is 4.90 Å². The summed E-state index contributed by atoms with van der Waals surface area (Å²) in [6.45, 7) is -0.429. The summed E-state index contributed by atoms with van der Waals surface area (Å²) in [4.78, 5) is 21.4. The van der Waals surface area contributed by atoms with Gasteiger partial charge in [0, 0.05) is 0 Å². The van der Waals surface area contributed by atoms with Crippen LogP contribution in [0, 0.1) is 0 Å². The Morgan fingerprint density at radius 2 is 1.30 bits per heavy atom. The number of fused-ring (bicyclic) bond motifs is 2. The van der Waals surface area contributed by atoms with Gasteiger partial charge in [0.2, 0.25) is 0 Å². The van der Waals surface area contributed by atoms with E-state index in [4.69, 9.17) is 0 Å². The topological polar surface area (TPSA) is 46.1 Å². The summed E-state index contributed by atoms with van der Waals surface area (Å²) in [7, 11) is 0. The van der Waals surface area contributed by atoms with Crippen LogP contribution in [0.4, 0.5) is 13.2 Å². The van der Waals surface area contributed by atoms with E-state index < -0.39 is 12.1 Å². The highest BCUT2D eigenvalue weighted by Crippen LogP contribution is 2.28. The highest BCUT2D eigenvalue weighted by Gasteiger charge is 2.43. The van der Waals surface area contributed by atoms with Crippen LogP contribution < -0.4 is 0 Å². The van der Waals surface area contributed by atoms with Crippen molar-refractivity contribution >= 4 is 49.0 Å².